The van der Waals surface area contributed by atoms with Gasteiger partial charge in [0.05, 0.1) is 26.8 Å². The Balaban J connectivity index is 2.11. The normalized spacial score (nSPS) is 10.8. The van der Waals surface area contributed by atoms with E-state index in [1.165, 1.54) is 6.92 Å². The first-order valence-corrected chi connectivity index (χ1v) is 8.86. The Hall–Kier alpha value is -2.43. The van der Waals surface area contributed by atoms with E-state index >= 15 is 0 Å². The van der Waals surface area contributed by atoms with Gasteiger partial charge in [0.2, 0.25) is 0 Å². The number of ketones is 1. The number of fused-ring (bicyclic) bond motifs is 1. The molecule has 1 heterocycles. The predicted molar refractivity (Wildman–Crippen MR) is 106 cm³/mol. The smallest absolute Gasteiger partial charge is 0.258 e. The molecule has 6 heteroatoms. The number of nitrogens with zero attached hydrogens (tertiary/aromatic N) is 1. The topological polar surface area (TPSA) is 59.1 Å². The zero-order valence-electron chi connectivity index (χ0n) is 14.3. The molecule has 0 fully saturated rings. The van der Waals surface area contributed by atoms with Crippen LogP contribution in [0.3, 0.4) is 0 Å². The number of hydrogen-bond donors (Lipinski definition) is 1. The van der Waals surface area contributed by atoms with Crippen molar-refractivity contribution in [2.24, 2.45) is 0 Å². The number of aromatic nitrogens is 1. The van der Waals surface area contributed by atoms with Crippen LogP contribution in [0.2, 0.25) is 10.0 Å². The molecule has 132 valence electrons. The lowest BCUT2D eigenvalue weighted by Gasteiger charge is -2.13. The molecule has 0 bridgehead atoms. The van der Waals surface area contributed by atoms with Gasteiger partial charge < -0.3 is 5.32 Å². The highest BCUT2D eigenvalue weighted by molar-refractivity contribution is 6.40. The van der Waals surface area contributed by atoms with E-state index in [-0.39, 0.29) is 21.4 Å². The predicted octanol–water partition coefficient (Wildman–Crippen LogP) is 5.56. The number of hydrogen-bond acceptors (Lipinski definition) is 3. The molecule has 1 aromatic heterocycles. The molecule has 3 aromatic rings. The van der Waals surface area contributed by atoms with Crippen LogP contribution in [0.4, 0.5) is 5.69 Å². The SMILES string of the molecule is CCc1cnc2c(NC(=O)c3c(Cl)cccc3Cl)cccc2c1C(C)=O. The van der Waals surface area contributed by atoms with E-state index in [2.05, 4.69) is 10.3 Å². The summed E-state index contributed by atoms with van der Waals surface area (Å²) in [7, 11) is 0. The molecular weight excluding hydrogens is 371 g/mol. The molecule has 0 aliphatic rings. The fourth-order valence-electron chi connectivity index (χ4n) is 2.95. The first-order chi connectivity index (χ1) is 12.4. The molecule has 0 unspecified atom stereocenters. The molecule has 4 nitrogen and oxygen atoms in total. The number of aryl methyl sites for hydroxylation is 1. The molecule has 2 aromatic carbocycles. The van der Waals surface area contributed by atoms with Crippen molar-refractivity contribution >= 4 is 51.5 Å². The lowest BCUT2D eigenvalue weighted by atomic mass is 9.98. The van der Waals surface area contributed by atoms with Crippen LogP contribution in [0, 0.1) is 0 Å². The molecule has 1 N–H and O–H groups in total. The van der Waals surface area contributed by atoms with Gasteiger partial charge >= 0.3 is 0 Å². The van der Waals surface area contributed by atoms with E-state index in [1.807, 2.05) is 13.0 Å². The maximum Gasteiger partial charge on any atom is 0.258 e. The van der Waals surface area contributed by atoms with Crippen molar-refractivity contribution in [3.05, 3.63) is 69.3 Å². The van der Waals surface area contributed by atoms with Gasteiger partial charge in [0.15, 0.2) is 5.78 Å². The maximum absolute atomic E-state index is 12.7. The van der Waals surface area contributed by atoms with Crippen molar-refractivity contribution in [3.8, 4) is 0 Å². The third-order valence-corrected chi connectivity index (χ3v) is 4.78. The number of carbonyl (C=O) groups is 2. The Morgan fingerprint density at radius 2 is 1.69 bits per heavy atom. The fraction of sp³-hybridized carbons (Fsp3) is 0.150. The molecular formula is C20H16Cl2N2O2. The quantitative estimate of drug-likeness (QED) is 0.597. The van der Waals surface area contributed by atoms with E-state index in [1.54, 1.807) is 36.5 Å². The molecule has 0 aliphatic carbocycles. The Labute approximate surface area is 161 Å². The van der Waals surface area contributed by atoms with Gasteiger partial charge in [-0.05, 0) is 37.1 Å². The van der Waals surface area contributed by atoms with Crippen LogP contribution < -0.4 is 5.32 Å². The molecule has 1 amide bonds. The molecule has 0 radical (unpaired) electrons. The number of para-hydroxylation sites is 1. The number of amides is 1. The van der Waals surface area contributed by atoms with Gasteiger partial charge in [-0.15, -0.1) is 0 Å². The van der Waals surface area contributed by atoms with Crippen molar-refractivity contribution in [1.29, 1.82) is 0 Å². The monoisotopic (exact) mass is 386 g/mol. The van der Waals surface area contributed by atoms with Crippen LogP contribution in [0.25, 0.3) is 10.9 Å². The average Bonchev–Trinajstić information content (AvgIpc) is 2.60. The third-order valence-electron chi connectivity index (χ3n) is 4.15. The highest BCUT2D eigenvalue weighted by Gasteiger charge is 2.18. The van der Waals surface area contributed by atoms with Crippen LogP contribution in [-0.2, 0) is 6.42 Å². The second kappa shape index (κ2) is 7.44. The Bertz CT molecular complexity index is 1010. The summed E-state index contributed by atoms with van der Waals surface area (Å²) in [4.78, 5) is 29.3. The van der Waals surface area contributed by atoms with E-state index in [9.17, 15) is 9.59 Å². The number of anilines is 1. The summed E-state index contributed by atoms with van der Waals surface area (Å²) < 4.78 is 0. The number of Topliss-reactive ketones (excluding diaryl/α,β-unsaturated/α-hetero) is 1. The minimum absolute atomic E-state index is 0.0353. The lowest BCUT2D eigenvalue weighted by molar-refractivity contribution is 0.101. The van der Waals surface area contributed by atoms with Crippen molar-refractivity contribution in [2.45, 2.75) is 20.3 Å². The summed E-state index contributed by atoms with van der Waals surface area (Å²) in [6, 6.07) is 10.2. The van der Waals surface area contributed by atoms with E-state index in [0.29, 0.717) is 28.6 Å². The zero-order chi connectivity index (χ0) is 18.8. The minimum atomic E-state index is -0.432. The average molecular weight is 387 g/mol. The minimum Gasteiger partial charge on any atom is -0.320 e. The number of rotatable bonds is 4. The number of halogens is 2. The van der Waals surface area contributed by atoms with Crippen molar-refractivity contribution in [1.82, 2.24) is 4.98 Å². The summed E-state index contributed by atoms with van der Waals surface area (Å²) in [6.45, 7) is 3.50. The summed E-state index contributed by atoms with van der Waals surface area (Å²) in [5, 5.41) is 4.04. The summed E-state index contributed by atoms with van der Waals surface area (Å²) in [6.07, 6.45) is 2.38. The molecule has 0 saturated carbocycles. The maximum atomic E-state index is 12.7. The van der Waals surface area contributed by atoms with Crippen LogP contribution in [0.15, 0.2) is 42.6 Å². The van der Waals surface area contributed by atoms with Crippen LogP contribution in [0.5, 0.6) is 0 Å². The van der Waals surface area contributed by atoms with Crippen molar-refractivity contribution in [2.75, 3.05) is 5.32 Å². The number of benzene rings is 2. The highest BCUT2D eigenvalue weighted by Crippen LogP contribution is 2.29. The molecule has 26 heavy (non-hydrogen) atoms. The Kier molecular flexibility index (Phi) is 5.25. The van der Waals surface area contributed by atoms with Gasteiger partial charge in [-0.25, -0.2) is 0 Å². The Morgan fingerprint density at radius 3 is 2.31 bits per heavy atom. The van der Waals surface area contributed by atoms with E-state index in [4.69, 9.17) is 23.2 Å². The molecule has 0 aliphatic heterocycles. The van der Waals surface area contributed by atoms with Gasteiger partial charge in [0, 0.05) is 17.1 Å². The second-order valence-corrected chi connectivity index (χ2v) is 6.64. The third kappa shape index (κ3) is 3.30. The highest BCUT2D eigenvalue weighted by atomic mass is 35.5. The summed E-state index contributed by atoms with van der Waals surface area (Å²) >= 11 is 12.2. The molecule has 0 spiro atoms. The number of pyridine rings is 1. The standard InChI is InChI=1S/C20H16Cl2N2O2/c1-3-12-10-23-19-13(17(12)11(2)25)6-4-9-16(19)24-20(26)18-14(21)7-5-8-15(18)22/h4-10H,3H2,1-2H3,(H,24,26). The van der Waals surface area contributed by atoms with E-state index < -0.39 is 5.91 Å². The van der Waals surface area contributed by atoms with Crippen molar-refractivity contribution in [3.63, 3.8) is 0 Å². The summed E-state index contributed by atoms with van der Waals surface area (Å²) in [5.41, 5.74) is 2.75. The number of carbonyl (C=O) groups excluding carboxylic acids is 2. The summed E-state index contributed by atoms with van der Waals surface area (Å²) in [5.74, 6) is -0.467. The molecule has 3 rings (SSSR count). The van der Waals surface area contributed by atoms with Gasteiger partial charge in [0.1, 0.15) is 0 Å². The largest absolute Gasteiger partial charge is 0.320 e. The zero-order valence-corrected chi connectivity index (χ0v) is 15.8. The van der Waals surface area contributed by atoms with Crippen molar-refractivity contribution < 1.29 is 9.59 Å². The van der Waals surface area contributed by atoms with Gasteiger partial charge in [0.25, 0.3) is 5.91 Å². The second-order valence-electron chi connectivity index (χ2n) is 5.82. The van der Waals surface area contributed by atoms with Gasteiger partial charge in [-0.3, -0.25) is 14.6 Å². The van der Waals surface area contributed by atoms with Gasteiger partial charge in [-0.2, -0.15) is 0 Å². The first kappa shape index (κ1) is 18.4. The fourth-order valence-corrected chi connectivity index (χ4v) is 3.52. The van der Waals surface area contributed by atoms with E-state index in [0.717, 1.165) is 5.56 Å². The number of nitrogens with one attached hydrogen (secondary N) is 1. The first-order valence-electron chi connectivity index (χ1n) is 8.11. The van der Waals surface area contributed by atoms with Crippen LogP contribution in [-0.4, -0.2) is 16.7 Å². The Morgan fingerprint density at radius 1 is 1.04 bits per heavy atom. The lowest BCUT2D eigenvalue weighted by Crippen LogP contribution is -2.14. The van der Waals surface area contributed by atoms with Crippen LogP contribution >= 0.6 is 23.2 Å². The molecule has 0 atom stereocenters. The van der Waals surface area contributed by atoms with Gasteiger partial charge in [-0.1, -0.05) is 48.3 Å². The molecule has 0 saturated heterocycles. The van der Waals surface area contributed by atoms with Crippen LogP contribution in [0.1, 0.15) is 40.1 Å².